The monoisotopic (exact) mass is 421 g/mol. The van der Waals surface area contributed by atoms with Crippen LogP contribution in [-0.2, 0) is 9.31 Å². The predicted molar refractivity (Wildman–Crippen MR) is 129 cm³/mol. The summed E-state index contributed by atoms with van der Waals surface area (Å²) in [6.45, 7) is 15.2. The Hall–Kier alpha value is -1.98. The van der Waals surface area contributed by atoms with Gasteiger partial charge in [-0.2, -0.15) is 0 Å². The van der Waals surface area contributed by atoms with E-state index in [2.05, 4.69) is 89.8 Å². The standard InChI is InChI=1S/C26H36BNO3/c1-8-20(15-13-18(2)3)28-21-11-9-10-12-23(21)29-24-17-19(14-16-22(24)28)27-30-25(4,5)26(6,7)31-27/h9-12,14,16-18,20H,8,13,15H2,1-7H3. The molecule has 166 valence electrons. The van der Waals surface area contributed by atoms with E-state index >= 15 is 0 Å². The Morgan fingerprint density at radius 2 is 1.52 bits per heavy atom. The van der Waals surface area contributed by atoms with Crippen LogP contribution in [0.4, 0.5) is 11.4 Å². The molecule has 0 N–H and O–H groups in total. The van der Waals surface area contributed by atoms with Crippen molar-refractivity contribution >= 4 is 24.0 Å². The molecule has 1 saturated heterocycles. The smallest absolute Gasteiger partial charge is 0.453 e. The second-order valence-corrected chi connectivity index (χ2v) is 10.3. The van der Waals surface area contributed by atoms with E-state index in [0.29, 0.717) is 12.0 Å². The molecule has 0 saturated carbocycles. The van der Waals surface area contributed by atoms with Crippen molar-refractivity contribution < 1.29 is 14.0 Å². The van der Waals surface area contributed by atoms with E-state index in [0.717, 1.165) is 41.2 Å². The molecule has 1 atom stereocenters. The van der Waals surface area contributed by atoms with Gasteiger partial charge >= 0.3 is 7.12 Å². The number of hydrogen-bond donors (Lipinski definition) is 0. The van der Waals surface area contributed by atoms with Gasteiger partial charge in [0.1, 0.15) is 0 Å². The maximum absolute atomic E-state index is 6.38. The van der Waals surface area contributed by atoms with Gasteiger partial charge in [-0.15, -0.1) is 0 Å². The first-order chi connectivity index (χ1) is 14.6. The molecule has 1 unspecified atom stereocenters. The van der Waals surface area contributed by atoms with E-state index < -0.39 is 7.12 Å². The molecular weight excluding hydrogens is 385 g/mol. The third-order valence-corrected chi connectivity index (χ3v) is 7.03. The molecule has 0 aliphatic carbocycles. The van der Waals surface area contributed by atoms with Gasteiger partial charge in [0.2, 0.25) is 0 Å². The summed E-state index contributed by atoms with van der Waals surface area (Å²) < 4.78 is 18.9. The quantitative estimate of drug-likeness (QED) is 0.502. The van der Waals surface area contributed by atoms with Crippen molar-refractivity contribution in [1.82, 2.24) is 0 Å². The minimum absolute atomic E-state index is 0.364. The van der Waals surface area contributed by atoms with Crippen LogP contribution in [0.2, 0.25) is 0 Å². The second-order valence-electron chi connectivity index (χ2n) is 10.3. The first-order valence-electron chi connectivity index (χ1n) is 11.7. The molecule has 4 rings (SSSR count). The van der Waals surface area contributed by atoms with Gasteiger partial charge < -0.3 is 18.9 Å². The van der Waals surface area contributed by atoms with Crippen molar-refractivity contribution in [3.05, 3.63) is 42.5 Å². The molecule has 31 heavy (non-hydrogen) atoms. The lowest BCUT2D eigenvalue weighted by Crippen LogP contribution is -2.41. The molecule has 1 fully saturated rings. The van der Waals surface area contributed by atoms with Gasteiger partial charge in [-0.3, -0.25) is 0 Å². The van der Waals surface area contributed by atoms with Crippen LogP contribution >= 0.6 is 0 Å². The summed E-state index contributed by atoms with van der Waals surface area (Å²) in [5.74, 6) is 2.47. The van der Waals surface area contributed by atoms with Gasteiger partial charge in [-0.05, 0) is 82.6 Å². The SMILES string of the molecule is CCC(CCC(C)C)N1c2ccccc2Oc2cc(B3OC(C)(C)C(C)(C)O3)ccc21. The van der Waals surface area contributed by atoms with Gasteiger partial charge in [-0.25, -0.2) is 0 Å². The van der Waals surface area contributed by atoms with Crippen molar-refractivity contribution in [2.75, 3.05) is 4.90 Å². The Labute approximate surface area is 188 Å². The highest BCUT2D eigenvalue weighted by molar-refractivity contribution is 6.62. The molecule has 2 aliphatic heterocycles. The number of rotatable bonds is 6. The lowest BCUT2D eigenvalue weighted by atomic mass is 9.78. The van der Waals surface area contributed by atoms with Crippen molar-refractivity contribution in [3.8, 4) is 11.5 Å². The van der Waals surface area contributed by atoms with Gasteiger partial charge in [0, 0.05) is 6.04 Å². The Bertz CT molecular complexity index is 924. The van der Waals surface area contributed by atoms with Gasteiger partial charge in [-0.1, -0.05) is 39.0 Å². The van der Waals surface area contributed by atoms with Crippen LogP contribution in [0.5, 0.6) is 11.5 Å². The minimum atomic E-state index is -0.396. The topological polar surface area (TPSA) is 30.9 Å². The number of fused-ring (bicyclic) bond motifs is 2. The fourth-order valence-electron chi connectivity index (χ4n) is 4.36. The number of nitrogens with zero attached hydrogens (tertiary/aromatic N) is 1. The zero-order valence-corrected chi connectivity index (χ0v) is 20.1. The van der Waals surface area contributed by atoms with Crippen LogP contribution in [0.3, 0.4) is 0 Å². The van der Waals surface area contributed by atoms with Gasteiger partial charge in [0.25, 0.3) is 0 Å². The molecule has 2 aromatic rings. The highest BCUT2D eigenvalue weighted by Crippen LogP contribution is 2.48. The number of para-hydroxylation sites is 2. The second kappa shape index (κ2) is 8.18. The molecular formula is C26H36BNO3. The van der Waals surface area contributed by atoms with Crippen LogP contribution in [0, 0.1) is 5.92 Å². The van der Waals surface area contributed by atoms with Crippen molar-refractivity contribution in [2.24, 2.45) is 5.92 Å². The van der Waals surface area contributed by atoms with E-state index in [1.807, 2.05) is 6.07 Å². The Balaban J connectivity index is 1.71. The van der Waals surface area contributed by atoms with Crippen molar-refractivity contribution in [3.63, 3.8) is 0 Å². The van der Waals surface area contributed by atoms with Crippen LogP contribution in [0.1, 0.15) is 67.7 Å². The van der Waals surface area contributed by atoms with E-state index in [-0.39, 0.29) is 11.2 Å². The Morgan fingerprint density at radius 1 is 0.871 bits per heavy atom. The number of hydrogen-bond acceptors (Lipinski definition) is 4. The third-order valence-electron chi connectivity index (χ3n) is 7.03. The summed E-state index contributed by atoms with van der Waals surface area (Å²) in [6, 6.07) is 15.2. The minimum Gasteiger partial charge on any atom is -0.453 e. The zero-order valence-electron chi connectivity index (χ0n) is 20.1. The summed E-state index contributed by atoms with van der Waals surface area (Å²) in [6.07, 6.45) is 3.44. The van der Waals surface area contributed by atoms with Crippen LogP contribution in [0.15, 0.2) is 42.5 Å². The summed E-state index contributed by atoms with van der Waals surface area (Å²) in [7, 11) is -0.396. The molecule has 4 nitrogen and oxygen atoms in total. The predicted octanol–water partition coefficient (Wildman–Crippen LogP) is 6.44. The van der Waals surface area contributed by atoms with E-state index in [4.69, 9.17) is 14.0 Å². The number of ether oxygens (including phenoxy) is 1. The maximum Gasteiger partial charge on any atom is 0.494 e. The number of anilines is 2. The molecule has 0 radical (unpaired) electrons. The fraction of sp³-hybridized carbons (Fsp3) is 0.538. The maximum atomic E-state index is 6.38. The van der Waals surface area contributed by atoms with E-state index in [1.54, 1.807) is 0 Å². The molecule has 0 spiro atoms. The molecule has 2 aromatic carbocycles. The lowest BCUT2D eigenvalue weighted by Gasteiger charge is -2.39. The largest absolute Gasteiger partial charge is 0.494 e. The van der Waals surface area contributed by atoms with E-state index in [9.17, 15) is 0 Å². The first kappa shape index (κ1) is 22.2. The molecule has 5 heteroatoms. The van der Waals surface area contributed by atoms with Gasteiger partial charge in [0.15, 0.2) is 11.5 Å². The summed E-state index contributed by atoms with van der Waals surface area (Å²) >= 11 is 0. The van der Waals surface area contributed by atoms with Crippen LogP contribution < -0.4 is 15.1 Å². The van der Waals surface area contributed by atoms with E-state index in [1.165, 1.54) is 6.42 Å². The molecule has 0 amide bonds. The van der Waals surface area contributed by atoms with Crippen molar-refractivity contribution in [2.45, 2.75) is 85.0 Å². The van der Waals surface area contributed by atoms with Gasteiger partial charge in [0.05, 0.1) is 22.6 Å². The first-order valence-corrected chi connectivity index (χ1v) is 11.7. The average molecular weight is 421 g/mol. The molecule has 0 aromatic heterocycles. The highest BCUT2D eigenvalue weighted by Gasteiger charge is 2.52. The van der Waals surface area contributed by atoms with Crippen LogP contribution in [0.25, 0.3) is 0 Å². The summed E-state index contributed by atoms with van der Waals surface area (Å²) in [5.41, 5.74) is 2.53. The summed E-state index contributed by atoms with van der Waals surface area (Å²) in [5, 5.41) is 0. The van der Waals surface area contributed by atoms with Crippen LogP contribution in [-0.4, -0.2) is 24.4 Å². The Kier molecular flexibility index (Phi) is 5.86. The third kappa shape index (κ3) is 4.10. The molecule has 0 bridgehead atoms. The molecule has 2 aliphatic rings. The fourth-order valence-corrected chi connectivity index (χ4v) is 4.36. The van der Waals surface area contributed by atoms with Crippen molar-refractivity contribution in [1.29, 1.82) is 0 Å². The normalized spacial score (nSPS) is 19.7. The molecule has 2 heterocycles. The zero-order chi connectivity index (χ0) is 22.4. The Morgan fingerprint density at radius 3 is 2.16 bits per heavy atom. The summed E-state index contributed by atoms with van der Waals surface area (Å²) in [4.78, 5) is 2.48. The highest BCUT2D eigenvalue weighted by atomic mass is 16.7. The number of benzene rings is 2. The average Bonchev–Trinajstić information content (AvgIpc) is 2.94. The lowest BCUT2D eigenvalue weighted by molar-refractivity contribution is 0.00578.